The Morgan fingerprint density at radius 2 is 1.27 bits per heavy atom. The molecule has 2 aliphatic heterocycles. The van der Waals surface area contributed by atoms with Crippen molar-refractivity contribution < 1.29 is 49.6 Å². The van der Waals surface area contributed by atoms with Crippen LogP contribution in [0.2, 0.25) is 0 Å². The monoisotopic (exact) mass is 483 g/mol. The summed E-state index contributed by atoms with van der Waals surface area (Å²) in [5, 5.41) is 60.9. The van der Waals surface area contributed by atoms with Crippen molar-refractivity contribution in [3.8, 4) is 0 Å². The smallest absolute Gasteiger partial charge is 0.186 e. The van der Waals surface area contributed by atoms with Crippen molar-refractivity contribution in [2.45, 2.75) is 98.1 Å². The molecule has 194 valence electrons. The summed E-state index contributed by atoms with van der Waals surface area (Å²) in [7, 11) is 0. The van der Waals surface area contributed by atoms with Crippen molar-refractivity contribution in [1.82, 2.24) is 0 Å². The number of ether oxygens (including phenoxy) is 4. The van der Waals surface area contributed by atoms with Crippen LogP contribution >= 0.6 is 0 Å². The van der Waals surface area contributed by atoms with Crippen molar-refractivity contribution >= 4 is 0 Å². The third kappa shape index (κ3) is 5.32. The van der Waals surface area contributed by atoms with E-state index in [2.05, 4.69) is 0 Å². The lowest BCUT2D eigenvalue weighted by Crippen LogP contribution is -2.69. The third-order valence-electron chi connectivity index (χ3n) is 6.57. The molecule has 3 rings (SSSR count). The van der Waals surface area contributed by atoms with Crippen LogP contribution in [-0.4, -0.2) is 135 Å². The fraction of sp³-hybridized carbons (Fsp3) is 1.00. The van der Waals surface area contributed by atoms with Gasteiger partial charge in [-0.05, 0) is 6.42 Å². The minimum atomic E-state index is -1.52. The van der Waals surface area contributed by atoms with E-state index in [1.54, 1.807) is 0 Å². The van der Waals surface area contributed by atoms with Crippen molar-refractivity contribution in [3.05, 3.63) is 0 Å². The first-order chi connectivity index (χ1) is 15.5. The molecule has 1 saturated carbocycles. The van der Waals surface area contributed by atoms with Gasteiger partial charge < -0.3 is 78.3 Å². The zero-order valence-electron chi connectivity index (χ0n) is 18.0. The molecule has 0 aromatic carbocycles. The third-order valence-corrected chi connectivity index (χ3v) is 6.57. The fourth-order valence-electron chi connectivity index (χ4n) is 4.41. The molecule has 3 fully saturated rings. The predicted molar refractivity (Wildman–Crippen MR) is 110 cm³/mol. The lowest BCUT2D eigenvalue weighted by molar-refractivity contribution is -0.331. The number of aliphatic hydroxyl groups excluding tert-OH is 6. The normalized spacial score (nSPS) is 53.7. The van der Waals surface area contributed by atoms with Gasteiger partial charge in [-0.25, -0.2) is 0 Å². The summed E-state index contributed by atoms with van der Waals surface area (Å²) < 4.78 is 22.7. The average Bonchev–Trinajstić information content (AvgIpc) is 2.79. The Labute approximate surface area is 190 Å². The molecule has 16 N–H and O–H groups in total. The molecule has 0 unspecified atom stereocenters. The van der Waals surface area contributed by atoms with E-state index in [-0.39, 0.29) is 13.0 Å². The molecule has 0 aromatic heterocycles. The van der Waals surface area contributed by atoms with Gasteiger partial charge in [-0.1, -0.05) is 0 Å². The highest BCUT2D eigenvalue weighted by atomic mass is 16.7. The molecule has 1 aliphatic carbocycles. The van der Waals surface area contributed by atoms with Gasteiger partial charge in [-0.3, -0.25) is 0 Å². The van der Waals surface area contributed by atoms with Gasteiger partial charge in [-0.15, -0.1) is 0 Å². The number of rotatable bonds is 6. The second-order valence-corrected chi connectivity index (χ2v) is 8.88. The minimum Gasteiger partial charge on any atom is -0.394 e. The topological polar surface area (TPSA) is 288 Å². The first-order valence-corrected chi connectivity index (χ1v) is 10.9. The van der Waals surface area contributed by atoms with Crippen LogP contribution < -0.4 is 28.7 Å². The van der Waals surface area contributed by atoms with Gasteiger partial charge in [0.1, 0.15) is 48.8 Å². The molecule has 0 radical (unpaired) electrons. The Hall–Kier alpha value is -0.600. The molecule has 0 bridgehead atoms. The maximum Gasteiger partial charge on any atom is 0.186 e. The summed E-state index contributed by atoms with van der Waals surface area (Å²) in [6, 6.07) is -4.00. The summed E-state index contributed by atoms with van der Waals surface area (Å²) in [5.74, 6) is 0. The van der Waals surface area contributed by atoms with Gasteiger partial charge in [0.2, 0.25) is 0 Å². The quantitative estimate of drug-likeness (QED) is 0.167. The number of aliphatic hydroxyl groups is 6. The molecule has 0 spiro atoms. The second kappa shape index (κ2) is 11.0. The van der Waals surface area contributed by atoms with Crippen LogP contribution in [0.5, 0.6) is 0 Å². The lowest BCUT2D eigenvalue weighted by Gasteiger charge is -2.48. The zero-order valence-corrected chi connectivity index (χ0v) is 18.0. The van der Waals surface area contributed by atoms with Crippen LogP contribution in [0.3, 0.4) is 0 Å². The van der Waals surface area contributed by atoms with Crippen LogP contribution in [0.15, 0.2) is 0 Å². The van der Waals surface area contributed by atoms with Gasteiger partial charge in [0, 0.05) is 18.6 Å². The predicted octanol–water partition coefficient (Wildman–Crippen LogP) is -7.33. The fourth-order valence-corrected chi connectivity index (χ4v) is 4.41. The number of hydrogen-bond acceptors (Lipinski definition) is 15. The zero-order chi connectivity index (χ0) is 24.6. The van der Waals surface area contributed by atoms with Gasteiger partial charge >= 0.3 is 0 Å². The maximum absolute atomic E-state index is 10.7. The number of nitrogens with two attached hydrogens (primary N) is 5. The molecule has 2 saturated heterocycles. The Kier molecular flexibility index (Phi) is 8.99. The summed E-state index contributed by atoms with van der Waals surface area (Å²) >= 11 is 0. The van der Waals surface area contributed by atoms with E-state index in [4.69, 9.17) is 47.6 Å². The summed E-state index contributed by atoms with van der Waals surface area (Å²) in [4.78, 5) is 0. The lowest BCUT2D eigenvalue weighted by atomic mass is 9.84. The van der Waals surface area contributed by atoms with Crippen molar-refractivity contribution in [1.29, 1.82) is 0 Å². The first-order valence-electron chi connectivity index (χ1n) is 10.9. The van der Waals surface area contributed by atoms with Crippen LogP contribution in [-0.2, 0) is 18.9 Å². The highest BCUT2D eigenvalue weighted by Gasteiger charge is 2.51. The van der Waals surface area contributed by atoms with Gasteiger partial charge in [0.25, 0.3) is 0 Å². The van der Waals surface area contributed by atoms with Crippen LogP contribution in [0, 0.1) is 0 Å². The van der Waals surface area contributed by atoms with E-state index in [1.165, 1.54) is 0 Å². The summed E-state index contributed by atoms with van der Waals surface area (Å²) in [6.07, 6.45) is -14.0. The highest BCUT2D eigenvalue weighted by Crippen LogP contribution is 2.31. The SMILES string of the molecule is NC[C@H]1O[C@H](O[C@@H]2[C@@H](O[C@@H]3O[C@H](CO)[C@@H](O)[C@H](N)[C@H]3O)[C@H](O)[C@@H](N)C[C@H]2N)[C@H](N)[C@@H](O)[C@@H]1O. The van der Waals surface area contributed by atoms with Crippen LogP contribution in [0.25, 0.3) is 0 Å². The van der Waals surface area contributed by atoms with E-state index in [0.29, 0.717) is 0 Å². The van der Waals surface area contributed by atoms with E-state index >= 15 is 0 Å². The Morgan fingerprint density at radius 3 is 1.88 bits per heavy atom. The molecular formula is C18H37N5O10. The number of hydrogen-bond donors (Lipinski definition) is 11. The molecule has 0 amide bonds. The molecule has 0 aromatic rings. The molecule has 15 heteroatoms. The van der Waals surface area contributed by atoms with E-state index < -0.39 is 98.3 Å². The van der Waals surface area contributed by atoms with Crippen molar-refractivity contribution in [2.75, 3.05) is 13.2 Å². The average molecular weight is 484 g/mol. The minimum absolute atomic E-state index is 0.125. The van der Waals surface area contributed by atoms with E-state index in [0.717, 1.165) is 0 Å². The molecular weight excluding hydrogens is 446 g/mol. The molecule has 33 heavy (non-hydrogen) atoms. The van der Waals surface area contributed by atoms with Gasteiger partial charge in [0.05, 0.1) is 24.8 Å². The van der Waals surface area contributed by atoms with Crippen molar-refractivity contribution in [3.63, 3.8) is 0 Å². The van der Waals surface area contributed by atoms with Gasteiger partial charge in [-0.2, -0.15) is 0 Å². The highest BCUT2D eigenvalue weighted by molar-refractivity contribution is 5.01. The molecule has 15 atom stereocenters. The molecule has 15 nitrogen and oxygen atoms in total. The Bertz CT molecular complexity index is 635. The first kappa shape index (κ1) is 27.0. The summed E-state index contributed by atoms with van der Waals surface area (Å²) in [5.41, 5.74) is 29.6. The van der Waals surface area contributed by atoms with Crippen LogP contribution in [0.4, 0.5) is 0 Å². The Balaban J connectivity index is 1.80. The largest absolute Gasteiger partial charge is 0.394 e. The van der Waals surface area contributed by atoms with Crippen LogP contribution in [0.1, 0.15) is 6.42 Å². The van der Waals surface area contributed by atoms with E-state index in [9.17, 15) is 30.6 Å². The van der Waals surface area contributed by atoms with Gasteiger partial charge in [0.15, 0.2) is 12.6 Å². The maximum atomic E-state index is 10.7. The Morgan fingerprint density at radius 1 is 0.667 bits per heavy atom. The molecule has 3 aliphatic rings. The van der Waals surface area contributed by atoms with E-state index in [1.807, 2.05) is 0 Å². The van der Waals surface area contributed by atoms with Crippen molar-refractivity contribution in [2.24, 2.45) is 28.7 Å². The standard InChI is InChI=1S/C18H37N5O10/c19-2-6-12(27)13(28)9(23)17(30-6)32-15-5(21)1-4(20)10(25)16(15)33-18-14(29)8(22)11(26)7(3-24)31-18/h4-18,24-29H,1-3,19-23H2/t4-,5+,6+,7+,8-,9+,10+,11+,12+,13+,14+,15-,16-,17+,18-/m0/s1. The molecule has 2 heterocycles. The second-order valence-electron chi connectivity index (χ2n) is 8.88. The summed E-state index contributed by atoms with van der Waals surface area (Å²) in [6.45, 7) is -0.723.